The van der Waals surface area contributed by atoms with Crippen LogP contribution in [0.25, 0.3) is 0 Å². The number of amides is 2. The Morgan fingerprint density at radius 2 is 1.52 bits per heavy atom. The van der Waals surface area contributed by atoms with E-state index in [1.54, 1.807) is 10.9 Å². The van der Waals surface area contributed by atoms with Crippen LogP contribution in [-0.2, 0) is 4.79 Å². The number of thiazole rings is 1. The van der Waals surface area contributed by atoms with Gasteiger partial charge in [-0.2, -0.15) is 0 Å². The number of Topliss-reactive ketones (excluding diaryl/α,β-unsaturated/α-hetero) is 1. The molecular weight excluding hydrogens is 436 g/mol. The van der Waals surface area contributed by atoms with Gasteiger partial charge in [0.2, 0.25) is 5.91 Å². The molecule has 2 aliphatic heterocycles. The number of likely N-dealkylation sites (tertiary alicyclic amines) is 1. The minimum atomic E-state index is 0.0164. The average Bonchev–Trinajstić information content (AvgIpc) is 3.38. The van der Waals surface area contributed by atoms with Gasteiger partial charge in [0.25, 0.3) is 5.91 Å². The van der Waals surface area contributed by atoms with Crippen molar-refractivity contribution in [2.45, 2.75) is 31.7 Å². The zero-order chi connectivity index (χ0) is 22.8. The Bertz CT molecular complexity index is 974. The van der Waals surface area contributed by atoms with E-state index < -0.39 is 0 Å². The molecule has 2 aromatic rings. The van der Waals surface area contributed by atoms with Crippen LogP contribution < -0.4 is 0 Å². The molecule has 1 aliphatic carbocycles. The summed E-state index contributed by atoms with van der Waals surface area (Å²) < 4.78 is 0. The fraction of sp³-hybridized carbons (Fsp3) is 0.520. The summed E-state index contributed by atoms with van der Waals surface area (Å²) in [6.45, 7) is 4.66. The molecule has 0 N–H and O–H groups in total. The van der Waals surface area contributed by atoms with Gasteiger partial charge in [0.1, 0.15) is 5.69 Å². The van der Waals surface area contributed by atoms with Crippen molar-refractivity contribution in [2.24, 2.45) is 11.8 Å². The number of hydrogen-bond donors (Lipinski definition) is 0. The molecule has 8 heteroatoms. The van der Waals surface area contributed by atoms with Crippen LogP contribution in [0.3, 0.4) is 0 Å². The highest BCUT2D eigenvalue weighted by Crippen LogP contribution is 2.33. The van der Waals surface area contributed by atoms with E-state index in [2.05, 4.69) is 9.88 Å². The second kappa shape index (κ2) is 9.73. The molecule has 1 aromatic heterocycles. The lowest BCUT2D eigenvalue weighted by atomic mass is 9.78. The lowest BCUT2D eigenvalue weighted by Gasteiger charge is -2.49. The lowest BCUT2D eigenvalue weighted by molar-refractivity contribution is -0.144. The molecule has 0 radical (unpaired) electrons. The quantitative estimate of drug-likeness (QED) is 0.634. The monoisotopic (exact) mass is 466 g/mol. The molecule has 2 amide bonds. The molecular formula is C25H30N4O3S. The number of ketones is 1. The highest BCUT2D eigenvalue weighted by atomic mass is 32.1. The number of nitrogens with zero attached hydrogens (tertiary/aromatic N) is 4. The summed E-state index contributed by atoms with van der Waals surface area (Å²) in [5.74, 6) is 0.594. The molecule has 0 unspecified atom stereocenters. The van der Waals surface area contributed by atoms with Crippen molar-refractivity contribution in [1.82, 2.24) is 19.7 Å². The Labute approximate surface area is 198 Å². The summed E-state index contributed by atoms with van der Waals surface area (Å²) in [6, 6.07) is 9.89. The first-order valence-corrected chi connectivity index (χ1v) is 12.8. The summed E-state index contributed by atoms with van der Waals surface area (Å²) in [5, 5.41) is 1.80. The largest absolute Gasteiger partial charge is 0.339 e. The summed E-state index contributed by atoms with van der Waals surface area (Å²) >= 11 is 1.44. The molecule has 1 aromatic carbocycles. The third-order valence-corrected chi connectivity index (χ3v) is 8.04. The van der Waals surface area contributed by atoms with Crippen molar-refractivity contribution in [2.75, 3.05) is 39.3 Å². The molecule has 0 spiro atoms. The predicted molar refractivity (Wildman–Crippen MR) is 126 cm³/mol. The van der Waals surface area contributed by atoms with Crippen LogP contribution in [0, 0.1) is 11.8 Å². The van der Waals surface area contributed by atoms with Crippen molar-refractivity contribution in [3.05, 3.63) is 52.5 Å². The van der Waals surface area contributed by atoms with Crippen molar-refractivity contribution in [3.8, 4) is 0 Å². The molecule has 3 heterocycles. The van der Waals surface area contributed by atoms with Gasteiger partial charge in [0.15, 0.2) is 5.78 Å². The number of piperazine rings is 1. The van der Waals surface area contributed by atoms with Gasteiger partial charge in [-0.25, -0.2) is 4.98 Å². The topological polar surface area (TPSA) is 73.8 Å². The highest BCUT2D eigenvalue weighted by molar-refractivity contribution is 7.07. The fourth-order valence-corrected chi connectivity index (χ4v) is 5.86. The third-order valence-electron chi connectivity index (χ3n) is 7.45. The van der Waals surface area contributed by atoms with E-state index in [9.17, 15) is 14.4 Å². The Balaban J connectivity index is 1.04. The van der Waals surface area contributed by atoms with Crippen molar-refractivity contribution >= 4 is 28.9 Å². The number of benzene rings is 1. The first-order chi connectivity index (χ1) is 16.1. The Hall–Kier alpha value is -2.58. The fourth-order valence-electron chi connectivity index (χ4n) is 5.34. The Morgan fingerprint density at radius 1 is 0.848 bits per heavy atom. The Morgan fingerprint density at radius 3 is 2.15 bits per heavy atom. The maximum absolute atomic E-state index is 13.0. The summed E-state index contributed by atoms with van der Waals surface area (Å²) in [7, 11) is 0. The van der Waals surface area contributed by atoms with E-state index in [0.29, 0.717) is 24.8 Å². The van der Waals surface area contributed by atoms with Crippen LogP contribution >= 0.6 is 11.3 Å². The van der Waals surface area contributed by atoms with Crippen LogP contribution in [0.2, 0.25) is 0 Å². The lowest BCUT2D eigenvalue weighted by Crippen LogP contribution is -2.65. The highest BCUT2D eigenvalue weighted by Gasteiger charge is 2.40. The Kier molecular flexibility index (Phi) is 6.55. The maximum atomic E-state index is 13.0. The van der Waals surface area contributed by atoms with Crippen LogP contribution in [0.5, 0.6) is 0 Å². The van der Waals surface area contributed by atoms with Crippen LogP contribution in [0.1, 0.15) is 46.5 Å². The molecule has 0 bridgehead atoms. The molecule has 1 saturated carbocycles. The van der Waals surface area contributed by atoms with Crippen LogP contribution in [0.4, 0.5) is 0 Å². The van der Waals surface area contributed by atoms with Gasteiger partial charge >= 0.3 is 0 Å². The van der Waals surface area contributed by atoms with E-state index in [1.807, 2.05) is 40.1 Å². The first-order valence-electron chi connectivity index (χ1n) is 11.9. The van der Waals surface area contributed by atoms with Gasteiger partial charge < -0.3 is 9.80 Å². The smallest absolute Gasteiger partial charge is 0.273 e. The first kappa shape index (κ1) is 22.2. The van der Waals surface area contributed by atoms with Crippen LogP contribution in [-0.4, -0.2) is 82.6 Å². The number of carbonyl (C=O) groups is 3. The number of rotatable bonds is 5. The minimum Gasteiger partial charge on any atom is -0.339 e. The van der Waals surface area contributed by atoms with Gasteiger partial charge in [-0.3, -0.25) is 19.3 Å². The SMILES string of the molecule is O=C(c1ccccc1)C1CCC(C(=O)N2CC(N3CCN(C(=O)c4cscn4)CC3)C2)CC1. The van der Waals surface area contributed by atoms with Crippen LogP contribution in [0.15, 0.2) is 41.2 Å². The van der Waals surface area contributed by atoms with E-state index in [-0.39, 0.29) is 29.4 Å². The normalized spacial score (nSPS) is 24.4. The van der Waals surface area contributed by atoms with Crippen molar-refractivity contribution in [1.29, 1.82) is 0 Å². The summed E-state index contributed by atoms with van der Waals surface area (Å²) in [4.78, 5) is 48.6. The zero-order valence-corrected chi connectivity index (χ0v) is 19.6. The van der Waals surface area contributed by atoms with Gasteiger partial charge in [-0.1, -0.05) is 30.3 Å². The molecule has 7 nitrogen and oxygen atoms in total. The third kappa shape index (κ3) is 4.73. The van der Waals surface area contributed by atoms with E-state index in [1.165, 1.54) is 11.3 Å². The standard InChI is InChI=1S/C25H30N4O3S/c30-23(18-4-2-1-3-5-18)19-6-8-20(9-7-19)24(31)29-14-21(15-29)27-10-12-28(13-11-27)25(32)22-16-33-17-26-22/h1-5,16-17,19-21H,6-15H2. The molecule has 3 fully saturated rings. The molecule has 33 heavy (non-hydrogen) atoms. The summed E-state index contributed by atoms with van der Waals surface area (Å²) in [6.07, 6.45) is 3.22. The molecule has 3 aliphatic rings. The van der Waals surface area contributed by atoms with Gasteiger partial charge in [0, 0.05) is 68.1 Å². The number of carbonyl (C=O) groups excluding carboxylic acids is 3. The molecule has 5 rings (SSSR count). The maximum Gasteiger partial charge on any atom is 0.273 e. The zero-order valence-electron chi connectivity index (χ0n) is 18.8. The minimum absolute atomic E-state index is 0.0164. The van der Waals surface area contributed by atoms with E-state index >= 15 is 0 Å². The molecule has 2 saturated heterocycles. The number of hydrogen-bond acceptors (Lipinski definition) is 6. The second-order valence-corrected chi connectivity index (χ2v) is 10.1. The van der Waals surface area contributed by atoms with Gasteiger partial charge in [0.05, 0.1) is 5.51 Å². The molecule has 0 atom stereocenters. The van der Waals surface area contributed by atoms with Crippen molar-refractivity contribution in [3.63, 3.8) is 0 Å². The van der Waals surface area contributed by atoms with Gasteiger partial charge in [-0.15, -0.1) is 11.3 Å². The second-order valence-electron chi connectivity index (χ2n) is 9.38. The number of aromatic nitrogens is 1. The van der Waals surface area contributed by atoms with Gasteiger partial charge in [-0.05, 0) is 25.7 Å². The molecule has 174 valence electrons. The van der Waals surface area contributed by atoms with E-state index in [0.717, 1.165) is 57.4 Å². The van der Waals surface area contributed by atoms with Crippen molar-refractivity contribution < 1.29 is 14.4 Å². The average molecular weight is 467 g/mol. The summed E-state index contributed by atoms with van der Waals surface area (Å²) in [5.41, 5.74) is 3.01. The predicted octanol–water partition coefficient (Wildman–Crippen LogP) is 2.80. The van der Waals surface area contributed by atoms with E-state index in [4.69, 9.17) is 0 Å².